The molecule has 4 nitrogen and oxygen atoms in total. The van der Waals surface area contributed by atoms with Crippen molar-refractivity contribution in [1.82, 2.24) is 5.32 Å². The number of aliphatic carboxylic acids is 1. The molecule has 1 unspecified atom stereocenters. The van der Waals surface area contributed by atoms with Gasteiger partial charge in [0.2, 0.25) is 5.91 Å². The van der Waals surface area contributed by atoms with Gasteiger partial charge in [0.05, 0.1) is 0 Å². The maximum atomic E-state index is 11.9. The van der Waals surface area contributed by atoms with Gasteiger partial charge in [0.1, 0.15) is 6.04 Å². The Morgan fingerprint density at radius 3 is 2.27 bits per heavy atom. The van der Waals surface area contributed by atoms with E-state index in [2.05, 4.69) is 5.32 Å². The van der Waals surface area contributed by atoms with Crippen molar-refractivity contribution in [2.24, 2.45) is 5.41 Å². The van der Waals surface area contributed by atoms with E-state index in [1.165, 1.54) is 13.3 Å². The van der Waals surface area contributed by atoms with Crippen LogP contribution in [-0.4, -0.2) is 23.0 Å². The van der Waals surface area contributed by atoms with E-state index in [1.807, 2.05) is 6.92 Å². The van der Waals surface area contributed by atoms with Crippen molar-refractivity contribution in [3.63, 3.8) is 0 Å². The van der Waals surface area contributed by atoms with Gasteiger partial charge < -0.3 is 10.4 Å². The minimum Gasteiger partial charge on any atom is -0.480 e. The molecular weight excluding hydrogens is 194 g/mol. The standard InChI is InChI=1S/C11H19NO3/c1-8(9(13)14)12-10(15)11(2)6-4-3-5-7-11/h8H,3-7H2,1-2H3,(H,12,15)(H,13,14). The second kappa shape index (κ2) is 4.64. The van der Waals surface area contributed by atoms with Crippen molar-refractivity contribution >= 4 is 11.9 Å². The minimum atomic E-state index is -0.984. The van der Waals surface area contributed by atoms with E-state index in [0.717, 1.165) is 25.7 Å². The second-order valence-corrected chi connectivity index (χ2v) is 4.65. The van der Waals surface area contributed by atoms with Gasteiger partial charge >= 0.3 is 5.97 Å². The lowest BCUT2D eigenvalue weighted by Crippen LogP contribution is -2.46. The Morgan fingerprint density at radius 1 is 1.27 bits per heavy atom. The average molecular weight is 213 g/mol. The number of carbonyl (C=O) groups is 2. The Kier molecular flexibility index (Phi) is 3.72. The Hall–Kier alpha value is -1.06. The quantitative estimate of drug-likeness (QED) is 0.747. The van der Waals surface area contributed by atoms with Crippen LogP contribution in [-0.2, 0) is 9.59 Å². The molecule has 1 aliphatic rings. The van der Waals surface area contributed by atoms with Gasteiger partial charge in [0.15, 0.2) is 0 Å². The molecule has 0 spiro atoms. The number of carboxylic acids is 1. The van der Waals surface area contributed by atoms with Crippen LogP contribution >= 0.6 is 0 Å². The first kappa shape index (κ1) is 12.0. The smallest absolute Gasteiger partial charge is 0.325 e. The highest BCUT2D eigenvalue weighted by Gasteiger charge is 2.35. The SMILES string of the molecule is CC(NC(=O)C1(C)CCCCC1)C(=O)O. The summed E-state index contributed by atoms with van der Waals surface area (Å²) in [7, 11) is 0. The lowest BCUT2D eigenvalue weighted by Gasteiger charge is -2.32. The zero-order chi connectivity index (χ0) is 11.5. The largest absolute Gasteiger partial charge is 0.480 e. The second-order valence-electron chi connectivity index (χ2n) is 4.65. The van der Waals surface area contributed by atoms with Gasteiger partial charge in [-0.15, -0.1) is 0 Å². The monoisotopic (exact) mass is 213 g/mol. The summed E-state index contributed by atoms with van der Waals surface area (Å²) in [6.45, 7) is 3.42. The average Bonchev–Trinajstić information content (AvgIpc) is 2.18. The van der Waals surface area contributed by atoms with Gasteiger partial charge in [-0.1, -0.05) is 26.2 Å². The zero-order valence-corrected chi connectivity index (χ0v) is 9.38. The minimum absolute atomic E-state index is 0.114. The van der Waals surface area contributed by atoms with E-state index in [1.54, 1.807) is 0 Å². The highest BCUT2D eigenvalue weighted by atomic mass is 16.4. The Morgan fingerprint density at radius 2 is 1.80 bits per heavy atom. The van der Waals surface area contributed by atoms with Crippen LogP contribution in [0.15, 0.2) is 0 Å². The third-order valence-corrected chi connectivity index (χ3v) is 3.22. The molecule has 1 rings (SSSR count). The van der Waals surface area contributed by atoms with Crippen molar-refractivity contribution < 1.29 is 14.7 Å². The van der Waals surface area contributed by atoms with E-state index in [4.69, 9.17) is 5.11 Å². The van der Waals surface area contributed by atoms with Gasteiger partial charge in [0, 0.05) is 5.41 Å². The number of hydrogen-bond donors (Lipinski definition) is 2. The lowest BCUT2D eigenvalue weighted by atomic mass is 9.75. The van der Waals surface area contributed by atoms with Crippen LogP contribution < -0.4 is 5.32 Å². The van der Waals surface area contributed by atoms with Crippen LogP contribution in [0.4, 0.5) is 0 Å². The molecule has 0 radical (unpaired) electrons. The molecule has 1 saturated carbocycles. The van der Waals surface area contributed by atoms with Crippen LogP contribution in [0.2, 0.25) is 0 Å². The molecule has 1 aliphatic carbocycles. The fourth-order valence-corrected chi connectivity index (χ4v) is 1.99. The molecule has 0 aromatic rings. The van der Waals surface area contributed by atoms with Crippen LogP contribution in [0.3, 0.4) is 0 Å². The lowest BCUT2D eigenvalue weighted by molar-refractivity contribution is -0.143. The molecule has 1 atom stereocenters. The predicted molar refractivity (Wildman–Crippen MR) is 56.4 cm³/mol. The first-order valence-corrected chi connectivity index (χ1v) is 5.49. The summed E-state index contributed by atoms with van der Waals surface area (Å²) in [5.74, 6) is -1.10. The fraction of sp³-hybridized carbons (Fsp3) is 0.818. The molecule has 86 valence electrons. The molecule has 1 amide bonds. The summed E-state index contributed by atoms with van der Waals surface area (Å²) in [4.78, 5) is 22.5. The third kappa shape index (κ3) is 2.94. The molecule has 0 aliphatic heterocycles. The molecule has 15 heavy (non-hydrogen) atoms. The maximum Gasteiger partial charge on any atom is 0.325 e. The van der Waals surface area contributed by atoms with Crippen LogP contribution in [0.25, 0.3) is 0 Å². The molecule has 2 N–H and O–H groups in total. The fourth-order valence-electron chi connectivity index (χ4n) is 1.99. The van der Waals surface area contributed by atoms with Gasteiger partial charge in [-0.25, -0.2) is 0 Å². The van der Waals surface area contributed by atoms with E-state index in [0.29, 0.717) is 0 Å². The molecule has 4 heteroatoms. The van der Waals surface area contributed by atoms with Crippen molar-refractivity contribution in [3.05, 3.63) is 0 Å². The van der Waals surface area contributed by atoms with Crippen molar-refractivity contribution in [2.45, 2.75) is 52.0 Å². The zero-order valence-electron chi connectivity index (χ0n) is 9.38. The molecule has 0 heterocycles. The maximum absolute atomic E-state index is 11.9. The Bertz CT molecular complexity index is 257. The molecule has 1 fully saturated rings. The summed E-state index contributed by atoms with van der Waals surface area (Å²) in [6, 6.07) is -0.795. The van der Waals surface area contributed by atoms with Crippen LogP contribution in [0, 0.1) is 5.41 Å². The molecule has 0 aromatic carbocycles. The number of rotatable bonds is 3. The van der Waals surface area contributed by atoms with Crippen molar-refractivity contribution in [3.8, 4) is 0 Å². The van der Waals surface area contributed by atoms with Gasteiger partial charge in [0.25, 0.3) is 0 Å². The number of carboxylic acid groups (broad SMARTS) is 1. The summed E-state index contributed by atoms with van der Waals surface area (Å²) in [6.07, 6.45) is 5.03. The van der Waals surface area contributed by atoms with E-state index >= 15 is 0 Å². The summed E-state index contributed by atoms with van der Waals surface area (Å²) in [5.41, 5.74) is -0.359. The van der Waals surface area contributed by atoms with E-state index < -0.39 is 12.0 Å². The van der Waals surface area contributed by atoms with E-state index in [-0.39, 0.29) is 11.3 Å². The van der Waals surface area contributed by atoms with Crippen molar-refractivity contribution in [2.75, 3.05) is 0 Å². The topological polar surface area (TPSA) is 66.4 Å². The highest BCUT2D eigenvalue weighted by molar-refractivity contribution is 5.87. The number of amides is 1. The van der Waals surface area contributed by atoms with Gasteiger partial charge in [-0.2, -0.15) is 0 Å². The number of carbonyl (C=O) groups excluding carboxylic acids is 1. The third-order valence-electron chi connectivity index (χ3n) is 3.22. The summed E-state index contributed by atoms with van der Waals surface area (Å²) < 4.78 is 0. The first-order chi connectivity index (χ1) is 6.96. The first-order valence-electron chi connectivity index (χ1n) is 5.49. The molecular formula is C11H19NO3. The van der Waals surface area contributed by atoms with Crippen LogP contribution in [0.1, 0.15) is 46.0 Å². The van der Waals surface area contributed by atoms with Gasteiger partial charge in [-0.3, -0.25) is 9.59 Å². The van der Waals surface area contributed by atoms with Crippen molar-refractivity contribution in [1.29, 1.82) is 0 Å². The van der Waals surface area contributed by atoms with E-state index in [9.17, 15) is 9.59 Å². The number of hydrogen-bond acceptors (Lipinski definition) is 2. The number of nitrogens with one attached hydrogen (secondary N) is 1. The highest BCUT2D eigenvalue weighted by Crippen LogP contribution is 2.35. The summed E-state index contributed by atoms with van der Waals surface area (Å²) in [5, 5.41) is 11.2. The predicted octanol–water partition coefficient (Wildman–Crippen LogP) is 1.55. The molecule has 0 saturated heterocycles. The molecule has 0 aromatic heterocycles. The summed E-state index contributed by atoms with van der Waals surface area (Å²) >= 11 is 0. The Labute approximate surface area is 90.0 Å². The Balaban J connectivity index is 2.55. The van der Waals surface area contributed by atoms with Gasteiger partial charge in [-0.05, 0) is 19.8 Å². The van der Waals surface area contributed by atoms with Crippen LogP contribution in [0.5, 0.6) is 0 Å². The molecule has 0 bridgehead atoms. The normalized spacial score (nSPS) is 21.7.